The fraction of sp³-hybridized carbons (Fsp3) is 0.571. The second-order valence-electron chi connectivity index (χ2n) is 2.97. The third kappa shape index (κ3) is 1.40. The van der Waals surface area contributed by atoms with Crippen LogP contribution in [0.5, 0.6) is 0 Å². The van der Waals surface area contributed by atoms with Gasteiger partial charge in [-0.05, 0) is 0 Å². The van der Waals surface area contributed by atoms with E-state index in [1.807, 2.05) is 0 Å². The standard InChI is InChI=1S/C7H10N4O2/c12-3-6-10-9-4-11(6)5-1-7(13)8-2-5/h4-5,12H,1-3H2,(H,8,13). The Kier molecular flexibility index (Phi) is 1.97. The van der Waals surface area contributed by atoms with Crippen LogP contribution in [0.25, 0.3) is 0 Å². The minimum atomic E-state index is -0.148. The number of nitrogens with one attached hydrogen (secondary N) is 1. The van der Waals surface area contributed by atoms with Crippen molar-refractivity contribution in [3.05, 3.63) is 12.2 Å². The number of carbonyl (C=O) groups excluding carboxylic acids is 1. The fourth-order valence-electron chi connectivity index (χ4n) is 1.47. The van der Waals surface area contributed by atoms with Gasteiger partial charge in [-0.1, -0.05) is 0 Å². The Morgan fingerprint density at radius 2 is 2.62 bits per heavy atom. The maximum absolute atomic E-state index is 10.9. The summed E-state index contributed by atoms with van der Waals surface area (Å²) in [5, 5.41) is 19.0. The van der Waals surface area contributed by atoms with Gasteiger partial charge in [-0.3, -0.25) is 4.79 Å². The van der Waals surface area contributed by atoms with Crippen molar-refractivity contribution < 1.29 is 9.90 Å². The number of hydrogen-bond donors (Lipinski definition) is 2. The van der Waals surface area contributed by atoms with Gasteiger partial charge in [0.25, 0.3) is 0 Å². The van der Waals surface area contributed by atoms with Gasteiger partial charge < -0.3 is 15.0 Å². The van der Waals surface area contributed by atoms with E-state index in [0.29, 0.717) is 18.8 Å². The van der Waals surface area contributed by atoms with E-state index in [2.05, 4.69) is 15.5 Å². The number of aromatic nitrogens is 3. The predicted octanol–water partition coefficient (Wildman–Crippen LogP) is -1.17. The minimum Gasteiger partial charge on any atom is -0.388 e. The molecule has 0 bridgehead atoms. The van der Waals surface area contributed by atoms with Gasteiger partial charge in [-0.2, -0.15) is 0 Å². The van der Waals surface area contributed by atoms with Crippen molar-refractivity contribution in [3.8, 4) is 0 Å². The van der Waals surface area contributed by atoms with Gasteiger partial charge in [0.2, 0.25) is 5.91 Å². The molecule has 2 rings (SSSR count). The molecule has 0 aromatic carbocycles. The molecule has 0 radical (unpaired) electrons. The van der Waals surface area contributed by atoms with Gasteiger partial charge in [0.05, 0.1) is 6.04 Å². The first-order chi connectivity index (χ1) is 6.31. The summed E-state index contributed by atoms with van der Waals surface area (Å²) in [7, 11) is 0. The Balaban J connectivity index is 2.20. The molecular formula is C7H10N4O2. The van der Waals surface area contributed by atoms with Crippen LogP contribution in [0, 0.1) is 0 Å². The minimum absolute atomic E-state index is 0.0302. The molecular weight excluding hydrogens is 172 g/mol. The summed E-state index contributed by atoms with van der Waals surface area (Å²) < 4.78 is 1.73. The van der Waals surface area contributed by atoms with Crippen molar-refractivity contribution >= 4 is 5.91 Å². The summed E-state index contributed by atoms with van der Waals surface area (Å²) in [6.07, 6.45) is 1.97. The zero-order chi connectivity index (χ0) is 9.26. The maximum atomic E-state index is 10.9. The first kappa shape index (κ1) is 8.18. The molecule has 70 valence electrons. The Labute approximate surface area is 74.6 Å². The first-order valence-electron chi connectivity index (χ1n) is 4.07. The lowest BCUT2D eigenvalue weighted by Crippen LogP contribution is -2.16. The second-order valence-corrected chi connectivity index (χ2v) is 2.97. The maximum Gasteiger partial charge on any atom is 0.222 e. The molecule has 1 amide bonds. The van der Waals surface area contributed by atoms with E-state index in [1.165, 1.54) is 6.33 Å². The normalized spacial score (nSPS) is 21.9. The van der Waals surface area contributed by atoms with Crippen LogP contribution in [0.2, 0.25) is 0 Å². The number of rotatable bonds is 2. The van der Waals surface area contributed by atoms with E-state index in [1.54, 1.807) is 4.57 Å². The van der Waals surface area contributed by atoms with E-state index in [9.17, 15) is 4.79 Å². The summed E-state index contributed by atoms with van der Waals surface area (Å²) >= 11 is 0. The zero-order valence-electron chi connectivity index (χ0n) is 6.97. The highest BCUT2D eigenvalue weighted by molar-refractivity contribution is 5.78. The fourth-order valence-corrected chi connectivity index (χ4v) is 1.47. The number of hydrogen-bond acceptors (Lipinski definition) is 4. The highest BCUT2D eigenvalue weighted by Gasteiger charge is 2.24. The summed E-state index contributed by atoms with van der Waals surface area (Å²) in [4.78, 5) is 10.9. The van der Waals surface area contributed by atoms with Gasteiger partial charge in [0, 0.05) is 13.0 Å². The Morgan fingerprint density at radius 1 is 1.77 bits per heavy atom. The number of carbonyl (C=O) groups is 1. The molecule has 1 saturated heterocycles. The molecule has 1 aromatic rings. The van der Waals surface area contributed by atoms with Crippen LogP contribution in [0.15, 0.2) is 6.33 Å². The molecule has 0 aliphatic carbocycles. The smallest absolute Gasteiger partial charge is 0.222 e. The monoisotopic (exact) mass is 182 g/mol. The number of aliphatic hydroxyl groups excluding tert-OH is 1. The molecule has 1 aliphatic heterocycles. The highest BCUT2D eigenvalue weighted by Crippen LogP contribution is 2.16. The van der Waals surface area contributed by atoms with Crippen LogP contribution in [0.1, 0.15) is 18.3 Å². The Morgan fingerprint density at radius 3 is 3.23 bits per heavy atom. The quantitative estimate of drug-likeness (QED) is 0.604. The molecule has 1 fully saturated rings. The largest absolute Gasteiger partial charge is 0.388 e. The molecule has 0 spiro atoms. The number of nitrogens with zero attached hydrogens (tertiary/aromatic N) is 3. The van der Waals surface area contributed by atoms with Crippen molar-refractivity contribution in [2.24, 2.45) is 0 Å². The topological polar surface area (TPSA) is 80.0 Å². The Bertz CT molecular complexity index is 322. The third-order valence-corrected chi connectivity index (χ3v) is 2.14. The van der Waals surface area contributed by atoms with Crippen molar-refractivity contribution in [1.82, 2.24) is 20.1 Å². The van der Waals surface area contributed by atoms with Crippen molar-refractivity contribution in [2.75, 3.05) is 6.54 Å². The molecule has 1 aliphatic rings. The SMILES string of the molecule is O=C1CC(n2cnnc2CO)CN1. The summed E-state index contributed by atoms with van der Waals surface area (Å²) in [5.41, 5.74) is 0. The second kappa shape index (κ2) is 3.14. The van der Waals surface area contributed by atoms with E-state index in [-0.39, 0.29) is 18.6 Å². The van der Waals surface area contributed by atoms with E-state index >= 15 is 0 Å². The van der Waals surface area contributed by atoms with E-state index < -0.39 is 0 Å². The molecule has 13 heavy (non-hydrogen) atoms. The van der Waals surface area contributed by atoms with Gasteiger partial charge >= 0.3 is 0 Å². The van der Waals surface area contributed by atoms with Gasteiger partial charge in [-0.15, -0.1) is 10.2 Å². The average molecular weight is 182 g/mol. The van der Waals surface area contributed by atoms with Crippen LogP contribution < -0.4 is 5.32 Å². The van der Waals surface area contributed by atoms with E-state index in [4.69, 9.17) is 5.11 Å². The van der Waals surface area contributed by atoms with Crippen molar-refractivity contribution in [2.45, 2.75) is 19.1 Å². The van der Waals surface area contributed by atoms with Crippen molar-refractivity contribution in [3.63, 3.8) is 0 Å². The van der Waals surface area contributed by atoms with Crippen molar-refractivity contribution in [1.29, 1.82) is 0 Å². The number of aliphatic hydroxyl groups is 1. The summed E-state index contributed by atoms with van der Waals surface area (Å²) in [6, 6.07) is 0.0460. The van der Waals surface area contributed by atoms with Gasteiger partial charge in [-0.25, -0.2) is 0 Å². The average Bonchev–Trinajstić information content (AvgIpc) is 2.71. The van der Waals surface area contributed by atoms with Gasteiger partial charge in [0.15, 0.2) is 5.82 Å². The Hall–Kier alpha value is -1.43. The molecule has 1 atom stereocenters. The van der Waals surface area contributed by atoms with Crippen LogP contribution >= 0.6 is 0 Å². The van der Waals surface area contributed by atoms with E-state index in [0.717, 1.165) is 0 Å². The lowest BCUT2D eigenvalue weighted by atomic mass is 10.2. The molecule has 2 heterocycles. The molecule has 2 N–H and O–H groups in total. The van der Waals surface area contributed by atoms with Gasteiger partial charge in [0.1, 0.15) is 12.9 Å². The molecule has 6 nitrogen and oxygen atoms in total. The lowest BCUT2D eigenvalue weighted by molar-refractivity contribution is -0.119. The van der Waals surface area contributed by atoms with Crippen LogP contribution in [-0.2, 0) is 11.4 Å². The number of amides is 1. The molecule has 1 aromatic heterocycles. The van der Waals surface area contributed by atoms with Crippen LogP contribution in [0.4, 0.5) is 0 Å². The molecule has 0 saturated carbocycles. The zero-order valence-corrected chi connectivity index (χ0v) is 6.97. The predicted molar refractivity (Wildman–Crippen MR) is 42.6 cm³/mol. The third-order valence-electron chi connectivity index (χ3n) is 2.14. The summed E-state index contributed by atoms with van der Waals surface area (Å²) in [6.45, 7) is 0.439. The summed E-state index contributed by atoms with van der Waals surface area (Å²) in [5.74, 6) is 0.532. The molecule has 6 heteroatoms. The van der Waals surface area contributed by atoms with Crippen LogP contribution in [0.3, 0.4) is 0 Å². The highest BCUT2D eigenvalue weighted by atomic mass is 16.3. The lowest BCUT2D eigenvalue weighted by Gasteiger charge is -2.09. The van der Waals surface area contributed by atoms with Crippen LogP contribution in [-0.4, -0.2) is 32.3 Å². The molecule has 1 unspecified atom stereocenters. The first-order valence-corrected chi connectivity index (χ1v) is 4.07.